The van der Waals surface area contributed by atoms with Gasteiger partial charge in [0.25, 0.3) is 5.71 Å². The van der Waals surface area contributed by atoms with Crippen molar-refractivity contribution in [2.24, 2.45) is 0 Å². The third kappa shape index (κ3) is 2.73. The van der Waals surface area contributed by atoms with Gasteiger partial charge in [0.2, 0.25) is 0 Å². The highest BCUT2D eigenvalue weighted by Gasteiger charge is 2.21. The highest BCUT2D eigenvalue weighted by Crippen LogP contribution is 2.37. The molecule has 0 saturated carbocycles. The van der Waals surface area contributed by atoms with Gasteiger partial charge in [-0.25, -0.2) is 9.37 Å². The summed E-state index contributed by atoms with van der Waals surface area (Å²) in [5, 5.41) is 4.79. The molecule has 0 amide bonds. The molecule has 0 radical (unpaired) electrons. The predicted molar refractivity (Wildman–Crippen MR) is 91.1 cm³/mol. The van der Waals surface area contributed by atoms with E-state index in [1.165, 1.54) is 18.2 Å². The number of carbonyl (C=O) groups excluding carboxylic acids is 1. The van der Waals surface area contributed by atoms with Crippen molar-refractivity contribution in [1.82, 2.24) is 10.1 Å². The monoisotopic (exact) mass is 324 g/mol. The van der Waals surface area contributed by atoms with Gasteiger partial charge < -0.3 is 4.52 Å². The molecule has 0 unspecified atom stereocenters. The zero-order valence-electron chi connectivity index (χ0n) is 13.7. The SMILES string of the molecule is Cc1noc2nc(C(C)C)c(/C=C/C=O)c(-c3ccc(F)cc3)c12. The van der Waals surface area contributed by atoms with Gasteiger partial charge in [0, 0.05) is 11.1 Å². The highest BCUT2D eigenvalue weighted by molar-refractivity contribution is 5.99. The molecule has 0 aliphatic heterocycles. The zero-order valence-corrected chi connectivity index (χ0v) is 13.7. The van der Waals surface area contributed by atoms with E-state index in [1.807, 2.05) is 20.8 Å². The first kappa shape index (κ1) is 16.1. The molecule has 0 aliphatic carbocycles. The first-order valence-electron chi connectivity index (χ1n) is 7.70. The maximum Gasteiger partial charge on any atom is 0.258 e. The van der Waals surface area contributed by atoms with Crippen LogP contribution in [0.25, 0.3) is 28.3 Å². The largest absolute Gasteiger partial charge is 0.336 e. The van der Waals surface area contributed by atoms with Gasteiger partial charge in [-0.2, -0.15) is 0 Å². The van der Waals surface area contributed by atoms with E-state index in [2.05, 4.69) is 10.1 Å². The van der Waals surface area contributed by atoms with Gasteiger partial charge in [0.05, 0.1) is 16.8 Å². The Hall–Kier alpha value is -2.82. The zero-order chi connectivity index (χ0) is 17.3. The average molecular weight is 324 g/mol. The molecular formula is C19H17FN2O2. The van der Waals surface area contributed by atoms with Crippen molar-refractivity contribution < 1.29 is 13.7 Å². The van der Waals surface area contributed by atoms with Crippen molar-refractivity contribution in [2.75, 3.05) is 0 Å². The van der Waals surface area contributed by atoms with E-state index in [9.17, 15) is 9.18 Å². The van der Waals surface area contributed by atoms with Crippen LogP contribution in [0.4, 0.5) is 4.39 Å². The number of halogens is 1. The van der Waals surface area contributed by atoms with Gasteiger partial charge >= 0.3 is 0 Å². The molecule has 24 heavy (non-hydrogen) atoms. The number of carbonyl (C=O) groups is 1. The summed E-state index contributed by atoms with van der Waals surface area (Å²) >= 11 is 0. The van der Waals surface area contributed by atoms with Crippen LogP contribution in [0.2, 0.25) is 0 Å². The fourth-order valence-electron chi connectivity index (χ4n) is 2.81. The fourth-order valence-corrected chi connectivity index (χ4v) is 2.81. The van der Waals surface area contributed by atoms with Crippen molar-refractivity contribution >= 4 is 23.5 Å². The van der Waals surface area contributed by atoms with E-state index in [1.54, 1.807) is 18.2 Å². The van der Waals surface area contributed by atoms with Gasteiger partial charge in [-0.05, 0) is 42.7 Å². The number of rotatable bonds is 4. The molecule has 5 heteroatoms. The lowest BCUT2D eigenvalue weighted by molar-refractivity contribution is -0.104. The van der Waals surface area contributed by atoms with Crippen molar-refractivity contribution in [3.63, 3.8) is 0 Å². The molecule has 0 N–H and O–H groups in total. The fraction of sp³-hybridized carbons (Fsp3) is 0.211. The third-order valence-corrected chi connectivity index (χ3v) is 3.88. The number of benzene rings is 1. The van der Waals surface area contributed by atoms with E-state index in [0.717, 1.165) is 34.1 Å². The summed E-state index contributed by atoms with van der Waals surface area (Å²) in [6, 6.07) is 6.23. The quantitative estimate of drug-likeness (QED) is 0.517. The molecule has 0 atom stereocenters. The molecule has 0 saturated heterocycles. The molecular weight excluding hydrogens is 307 g/mol. The molecule has 2 aromatic heterocycles. The summed E-state index contributed by atoms with van der Waals surface area (Å²) < 4.78 is 18.7. The molecule has 1 aromatic carbocycles. The Morgan fingerprint density at radius 2 is 1.92 bits per heavy atom. The minimum atomic E-state index is -0.305. The van der Waals surface area contributed by atoms with Crippen molar-refractivity contribution in [2.45, 2.75) is 26.7 Å². The summed E-state index contributed by atoms with van der Waals surface area (Å²) in [5.74, 6) is -0.189. The lowest BCUT2D eigenvalue weighted by Crippen LogP contribution is -2.00. The summed E-state index contributed by atoms with van der Waals surface area (Å²) in [7, 11) is 0. The van der Waals surface area contributed by atoms with Gasteiger partial charge in [0.15, 0.2) is 0 Å². The number of pyridine rings is 1. The molecule has 0 fully saturated rings. The number of hydrogen-bond acceptors (Lipinski definition) is 4. The highest BCUT2D eigenvalue weighted by atomic mass is 19.1. The normalized spacial score (nSPS) is 11.7. The van der Waals surface area contributed by atoms with Gasteiger partial charge in [-0.1, -0.05) is 31.1 Å². The van der Waals surface area contributed by atoms with Crippen molar-refractivity contribution in [3.8, 4) is 11.1 Å². The van der Waals surface area contributed by atoms with Crippen molar-refractivity contribution in [1.29, 1.82) is 0 Å². The van der Waals surface area contributed by atoms with Crippen LogP contribution in [-0.4, -0.2) is 16.4 Å². The number of aryl methyl sites for hydroxylation is 1. The summed E-state index contributed by atoms with van der Waals surface area (Å²) in [6.07, 6.45) is 3.90. The maximum atomic E-state index is 13.3. The molecule has 4 nitrogen and oxygen atoms in total. The smallest absolute Gasteiger partial charge is 0.258 e. The third-order valence-electron chi connectivity index (χ3n) is 3.88. The van der Waals surface area contributed by atoms with E-state index in [0.29, 0.717) is 11.4 Å². The molecule has 0 aliphatic rings. The van der Waals surface area contributed by atoms with E-state index in [4.69, 9.17) is 4.52 Å². The van der Waals surface area contributed by atoms with Gasteiger partial charge in [0.1, 0.15) is 12.1 Å². The number of fused-ring (bicyclic) bond motifs is 1. The standard InChI is InChI=1S/C19H17FN2O2/c1-11(2)18-15(5-4-10-23)17(13-6-8-14(20)9-7-13)16-12(3)22-24-19(16)21-18/h4-11H,1-3H3/b5-4+. The Bertz CT molecular complexity index is 925. The predicted octanol–water partition coefficient (Wildman–Crippen LogP) is 4.67. The minimum absolute atomic E-state index is 0.116. The van der Waals surface area contributed by atoms with E-state index in [-0.39, 0.29) is 11.7 Å². The number of aromatic nitrogens is 2. The number of aldehydes is 1. The van der Waals surface area contributed by atoms with Gasteiger partial charge in [-0.3, -0.25) is 4.79 Å². The molecule has 0 bridgehead atoms. The second-order valence-electron chi connectivity index (χ2n) is 5.89. The van der Waals surface area contributed by atoms with E-state index < -0.39 is 0 Å². The van der Waals surface area contributed by atoms with Crippen LogP contribution in [0.1, 0.15) is 36.7 Å². The van der Waals surface area contributed by atoms with Crippen LogP contribution < -0.4 is 0 Å². The number of allylic oxidation sites excluding steroid dienone is 1. The Morgan fingerprint density at radius 3 is 2.54 bits per heavy atom. The first-order chi connectivity index (χ1) is 11.5. The lowest BCUT2D eigenvalue weighted by atomic mass is 9.91. The Morgan fingerprint density at radius 1 is 1.21 bits per heavy atom. The van der Waals surface area contributed by atoms with Crippen LogP contribution in [0, 0.1) is 12.7 Å². The first-order valence-corrected chi connectivity index (χ1v) is 7.70. The minimum Gasteiger partial charge on any atom is -0.336 e. The van der Waals surface area contributed by atoms with Crippen LogP contribution in [0.3, 0.4) is 0 Å². The summed E-state index contributed by atoms with van der Waals surface area (Å²) in [5.41, 5.74) is 4.44. The molecule has 2 heterocycles. The van der Waals surface area contributed by atoms with Gasteiger partial charge in [-0.15, -0.1) is 0 Å². The maximum absolute atomic E-state index is 13.3. The second kappa shape index (κ2) is 6.35. The molecule has 122 valence electrons. The summed E-state index contributed by atoms with van der Waals surface area (Å²) in [4.78, 5) is 15.4. The average Bonchev–Trinajstić information content (AvgIpc) is 2.93. The van der Waals surface area contributed by atoms with Crippen LogP contribution in [0.5, 0.6) is 0 Å². The Kier molecular flexibility index (Phi) is 4.25. The summed E-state index contributed by atoms with van der Waals surface area (Å²) in [6.45, 7) is 5.87. The second-order valence-corrected chi connectivity index (χ2v) is 5.89. The molecule has 3 aromatic rings. The topological polar surface area (TPSA) is 56.0 Å². The van der Waals surface area contributed by atoms with Crippen LogP contribution in [-0.2, 0) is 4.79 Å². The van der Waals surface area contributed by atoms with Crippen molar-refractivity contribution in [3.05, 3.63) is 53.1 Å². The Balaban J connectivity index is 2.45. The van der Waals surface area contributed by atoms with Crippen LogP contribution >= 0.6 is 0 Å². The lowest BCUT2D eigenvalue weighted by Gasteiger charge is -2.15. The molecule has 3 rings (SSSR count). The Labute approximate surface area is 139 Å². The number of hydrogen-bond donors (Lipinski definition) is 0. The number of nitrogens with zero attached hydrogens (tertiary/aromatic N) is 2. The van der Waals surface area contributed by atoms with E-state index >= 15 is 0 Å². The molecule has 0 spiro atoms. The van der Waals surface area contributed by atoms with Crippen LogP contribution in [0.15, 0.2) is 34.9 Å².